The minimum Gasteiger partial charge on any atom is -0.496 e. The van der Waals surface area contributed by atoms with Gasteiger partial charge in [-0.1, -0.05) is 54.8 Å². The fourth-order valence-corrected chi connectivity index (χ4v) is 9.84. The second-order valence-corrected chi connectivity index (χ2v) is 18.5. The number of anilines is 3. The van der Waals surface area contributed by atoms with Crippen molar-refractivity contribution in [2.75, 3.05) is 29.3 Å². The van der Waals surface area contributed by atoms with Crippen LogP contribution in [0.5, 0.6) is 5.75 Å². The second kappa shape index (κ2) is 20.3. The van der Waals surface area contributed by atoms with Crippen molar-refractivity contribution >= 4 is 75.4 Å². The Morgan fingerprint density at radius 3 is 2.64 bits per heavy atom. The molecular formula is C47H51ClN10O7S. The van der Waals surface area contributed by atoms with Crippen LogP contribution in [-0.2, 0) is 51.7 Å². The number of hydrogen-bond donors (Lipinski definition) is 2. The highest BCUT2D eigenvalue weighted by molar-refractivity contribution is 7.16. The van der Waals surface area contributed by atoms with Gasteiger partial charge in [0.15, 0.2) is 11.6 Å². The zero-order chi connectivity index (χ0) is 46.5. The van der Waals surface area contributed by atoms with E-state index >= 15 is 0 Å². The lowest BCUT2D eigenvalue weighted by Crippen LogP contribution is -2.52. The molecule has 5 amide bonds. The van der Waals surface area contributed by atoms with Gasteiger partial charge in [0, 0.05) is 91.3 Å². The fourth-order valence-electron chi connectivity index (χ4n) is 8.75. The van der Waals surface area contributed by atoms with Crippen LogP contribution in [0.3, 0.4) is 0 Å². The van der Waals surface area contributed by atoms with Crippen LogP contribution >= 0.6 is 22.9 Å². The average Bonchev–Trinajstić information content (AvgIpc) is 4.04. The Balaban J connectivity index is 0.778. The Labute approximate surface area is 390 Å². The molecule has 0 aliphatic carbocycles. The number of benzene rings is 2. The van der Waals surface area contributed by atoms with Crippen LogP contribution in [0, 0.1) is 0 Å². The number of ether oxygens (including phenoxy) is 1. The molecule has 344 valence electrons. The van der Waals surface area contributed by atoms with Gasteiger partial charge in [0.1, 0.15) is 29.3 Å². The summed E-state index contributed by atoms with van der Waals surface area (Å²) in [7, 11) is 3.32. The number of hydrogen-bond acceptors (Lipinski definition) is 13. The van der Waals surface area contributed by atoms with E-state index in [0.717, 1.165) is 35.4 Å². The summed E-state index contributed by atoms with van der Waals surface area (Å²) in [6.45, 7) is 3.32. The Kier molecular flexibility index (Phi) is 14.2. The molecule has 2 aromatic carbocycles. The van der Waals surface area contributed by atoms with E-state index in [4.69, 9.17) is 21.3 Å². The highest BCUT2D eigenvalue weighted by Gasteiger charge is 2.40. The molecule has 1 fully saturated rings. The number of ketones is 1. The number of piperidine rings is 1. The fraction of sp³-hybridized carbons (Fsp3) is 0.404. The van der Waals surface area contributed by atoms with E-state index < -0.39 is 11.9 Å². The number of methoxy groups -OCH3 is 1. The summed E-state index contributed by atoms with van der Waals surface area (Å²) in [5.41, 5.74) is 4.37. The molecular weight excluding hydrogens is 884 g/mol. The number of fused-ring (bicyclic) bond motifs is 2. The SMILES string of the molecule is CC[C@@H]1C(=O)N(C)c2cnc(Cc3ccc(C(=O)CCc4cn(CCCCCCC(=O)Nc5cccc6c5CN(C5CCC(=O)NC5=O)C6=O)nn4)cc3OC)nc2N1Cc1ccc(Cl)s1. The van der Waals surface area contributed by atoms with Gasteiger partial charge in [0.2, 0.25) is 23.6 Å². The number of Topliss-reactive ketones (excluding diaryl/α,β-unsaturated/α-hetero) is 1. The Morgan fingerprint density at radius 1 is 1.03 bits per heavy atom. The lowest BCUT2D eigenvalue weighted by atomic mass is 10.0. The first-order chi connectivity index (χ1) is 31.9. The lowest BCUT2D eigenvalue weighted by molar-refractivity contribution is -0.137. The van der Waals surface area contributed by atoms with Crippen molar-refractivity contribution in [1.82, 2.24) is 35.2 Å². The standard InChI is InChI=1S/C47H51ClN10O7S/c1-4-35-47(64)55(2)37-24-49-41(51-44(37)57(35)26-31-16-19-40(48)66-31)23-29-14-13-28(22-39(29)65-3)38(59)18-15-30-25-56(54-53-30)21-8-6-5-7-12-42(60)50-34-11-9-10-32-33(34)27-58(46(32)63)36-17-20-43(61)52-45(36)62/h9-11,13-14,16,19,22,24-25,35-36H,4-8,12,15,17-18,20-21,23,26-27H2,1-3H3,(H,50,60)(H,52,61,62)/t35-,36?/m1/s1. The van der Waals surface area contributed by atoms with Gasteiger partial charge in [-0.3, -0.25) is 38.8 Å². The van der Waals surface area contributed by atoms with Gasteiger partial charge in [0.25, 0.3) is 5.91 Å². The van der Waals surface area contributed by atoms with Gasteiger partial charge in [0.05, 0.1) is 29.9 Å². The molecule has 1 saturated heterocycles. The number of thiophene rings is 1. The number of nitrogens with zero attached hydrogens (tertiary/aromatic N) is 8. The van der Waals surface area contributed by atoms with E-state index in [0.29, 0.717) is 95.0 Å². The second-order valence-electron chi connectivity index (χ2n) is 16.7. The minimum atomic E-state index is -0.722. The van der Waals surface area contributed by atoms with Crippen molar-refractivity contribution in [3.05, 3.63) is 104 Å². The maximum Gasteiger partial charge on any atom is 0.255 e. The molecule has 5 aromatic rings. The predicted molar refractivity (Wildman–Crippen MR) is 248 cm³/mol. The number of nitrogens with one attached hydrogen (secondary N) is 2. The predicted octanol–water partition coefficient (Wildman–Crippen LogP) is 6.31. The molecule has 0 saturated carbocycles. The van der Waals surface area contributed by atoms with E-state index in [9.17, 15) is 28.8 Å². The van der Waals surface area contributed by atoms with E-state index in [1.807, 2.05) is 36.2 Å². The number of rotatable bonds is 19. The molecule has 3 aliphatic rings. The topological polar surface area (TPSA) is 202 Å². The third-order valence-corrected chi connectivity index (χ3v) is 13.5. The molecule has 66 heavy (non-hydrogen) atoms. The van der Waals surface area contributed by atoms with Crippen molar-refractivity contribution in [1.29, 1.82) is 0 Å². The Bertz CT molecular complexity index is 2690. The van der Waals surface area contributed by atoms with Crippen molar-refractivity contribution in [3.63, 3.8) is 0 Å². The molecule has 0 spiro atoms. The van der Waals surface area contributed by atoms with Crippen LogP contribution in [0.4, 0.5) is 17.2 Å². The summed E-state index contributed by atoms with van der Waals surface area (Å²) in [4.78, 5) is 92.4. The molecule has 2 N–H and O–H groups in total. The highest BCUT2D eigenvalue weighted by Crippen LogP contribution is 2.37. The lowest BCUT2D eigenvalue weighted by Gasteiger charge is -2.40. The smallest absolute Gasteiger partial charge is 0.255 e. The molecule has 17 nitrogen and oxygen atoms in total. The average molecular weight is 936 g/mol. The summed E-state index contributed by atoms with van der Waals surface area (Å²) in [6.07, 6.45) is 9.20. The van der Waals surface area contributed by atoms with Crippen molar-refractivity contribution in [2.24, 2.45) is 0 Å². The molecule has 8 rings (SSSR count). The zero-order valence-corrected chi connectivity index (χ0v) is 38.6. The molecule has 0 radical (unpaired) electrons. The van der Waals surface area contributed by atoms with Crippen molar-refractivity contribution < 1.29 is 33.5 Å². The molecule has 1 unspecified atom stereocenters. The van der Waals surface area contributed by atoms with Crippen LogP contribution in [0.25, 0.3) is 0 Å². The molecule has 0 bridgehead atoms. The van der Waals surface area contributed by atoms with Gasteiger partial charge in [-0.2, -0.15) is 0 Å². The highest BCUT2D eigenvalue weighted by atomic mass is 35.5. The molecule has 6 heterocycles. The number of likely N-dealkylation sites (N-methyl/N-ethyl adjacent to an activating group) is 1. The summed E-state index contributed by atoms with van der Waals surface area (Å²) in [5, 5.41) is 13.8. The Hall–Kier alpha value is -6.53. The van der Waals surface area contributed by atoms with Crippen LogP contribution in [-0.4, -0.2) is 91.4 Å². The molecule has 2 atom stereocenters. The van der Waals surface area contributed by atoms with Gasteiger partial charge in [-0.05, 0) is 56.0 Å². The number of unbranched alkanes of at least 4 members (excludes halogenated alkanes) is 3. The van der Waals surface area contributed by atoms with Gasteiger partial charge in [-0.25, -0.2) is 9.97 Å². The third kappa shape index (κ3) is 10.1. The third-order valence-electron chi connectivity index (χ3n) is 12.3. The molecule has 3 aliphatic heterocycles. The van der Waals surface area contributed by atoms with Gasteiger partial charge < -0.3 is 24.8 Å². The number of halogens is 1. The minimum absolute atomic E-state index is 0.0142. The number of carbonyl (C=O) groups is 6. The summed E-state index contributed by atoms with van der Waals surface area (Å²) in [6, 6.07) is 13.3. The van der Waals surface area contributed by atoms with Crippen LogP contribution in [0.1, 0.15) is 113 Å². The number of imide groups is 1. The number of aromatic nitrogens is 5. The van der Waals surface area contributed by atoms with Gasteiger partial charge >= 0.3 is 0 Å². The quantitative estimate of drug-likeness (QED) is 0.0532. The number of amides is 5. The summed E-state index contributed by atoms with van der Waals surface area (Å²) in [5.74, 6) is 0.465. The molecule has 19 heteroatoms. The summed E-state index contributed by atoms with van der Waals surface area (Å²) < 4.78 is 8.20. The maximum atomic E-state index is 13.4. The number of carbonyl (C=O) groups excluding carboxylic acids is 6. The molecule has 3 aromatic heterocycles. The maximum absolute atomic E-state index is 13.4. The van der Waals surface area contributed by atoms with E-state index in [1.165, 1.54) is 16.2 Å². The first kappa shape index (κ1) is 46.0. The number of aryl methyl sites for hydroxylation is 2. The summed E-state index contributed by atoms with van der Waals surface area (Å²) >= 11 is 7.71. The first-order valence-electron chi connectivity index (χ1n) is 22.2. The van der Waals surface area contributed by atoms with Crippen molar-refractivity contribution in [2.45, 2.75) is 109 Å². The van der Waals surface area contributed by atoms with E-state index in [2.05, 4.69) is 25.9 Å². The van der Waals surface area contributed by atoms with Crippen LogP contribution in [0.2, 0.25) is 4.34 Å². The van der Waals surface area contributed by atoms with E-state index in [-0.39, 0.29) is 61.3 Å². The monoisotopic (exact) mass is 934 g/mol. The zero-order valence-electron chi connectivity index (χ0n) is 37.0. The van der Waals surface area contributed by atoms with E-state index in [1.54, 1.807) is 60.3 Å². The van der Waals surface area contributed by atoms with Crippen LogP contribution < -0.4 is 25.2 Å². The first-order valence-corrected chi connectivity index (χ1v) is 23.4. The van der Waals surface area contributed by atoms with Gasteiger partial charge in [-0.15, -0.1) is 16.4 Å². The van der Waals surface area contributed by atoms with Crippen LogP contribution in [0.15, 0.2) is 60.9 Å². The van der Waals surface area contributed by atoms with Crippen molar-refractivity contribution in [3.8, 4) is 5.75 Å². The largest absolute Gasteiger partial charge is 0.496 e. The normalized spacial score (nSPS) is 16.9. The Morgan fingerprint density at radius 2 is 1.86 bits per heavy atom.